The van der Waals surface area contributed by atoms with Gasteiger partial charge in [0.1, 0.15) is 0 Å². The quantitative estimate of drug-likeness (QED) is 0.332. The fourth-order valence-corrected chi connectivity index (χ4v) is 4.67. The Hall–Kier alpha value is 1.48. The maximum absolute atomic E-state index is 2.34. The molecular weight excluding hydrogens is 125 g/mol. The van der Waals surface area contributed by atoms with Crippen molar-refractivity contribution in [3.05, 3.63) is 0 Å². The second kappa shape index (κ2) is 3.48. The SMILES string of the molecule is [B]1P[B]P[B]P1. The summed E-state index contributed by atoms with van der Waals surface area (Å²) in [6, 6.07) is 0. The van der Waals surface area contributed by atoms with Crippen LogP contribution in [0.3, 0.4) is 0 Å². The van der Waals surface area contributed by atoms with Crippen molar-refractivity contribution in [3.8, 4) is 0 Å². The molecule has 0 aromatic carbocycles. The minimum Gasteiger partial charge on any atom is -0.192 e. The average Bonchev–Trinajstić information content (AvgIpc) is 1.72. The molecule has 0 amide bonds. The van der Waals surface area contributed by atoms with E-state index in [-0.39, 0.29) is 0 Å². The van der Waals surface area contributed by atoms with Gasteiger partial charge in [-0.1, -0.05) is 0 Å². The van der Waals surface area contributed by atoms with Crippen molar-refractivity contribution in [1.82, 2.24) is 0 Å². The van der Waals surface area contributed by atoms with Gasteiger partial charge in [-0.2, -0.15) is 25.0 Å². The van der Waals surface area contributed by atoms with Gasteiger partial charge >= 0.3 is 0 Å². The van der Waals surface area contributed by atoms with E-state index in [2.05, 4.69) is 20.2 Å². The average molecular weight is 128 g/mol. The van der Waals surface area contributed by atoms with E-state index in [0.717, 1.165) is 25.0 Å². The highest BCUT2D eigenvalue weighted by Crippen LogP contribution is 2.34. The van der Waals surface area contributed by atoms with Crippen molar-refractivity contribution >= 4 is 45.2 Å². The summed E-state index contributed by atoms with van der Waals surface area (Å²) in [5, 5.41) is 0. The zero-order valence-electron chi connectivity index (χ0n) is 3.23. The van der Waals surface area contributed by atoms with Crippen molar-refractivity contribution in [2.75, 3.05) is 0 Å². The first-order valence-corrected chi connectivity index (χ1v) is 5.20. The minimum absolute atomic E-state index is 1.05. The third-order valence-corrected chi connectivity index (χ3v) is 4.50. The van der Waals surface area contributed by atoms with Crippen LogP contribution in [0.2, 0.25) is 0 Å². The van der Waals surface area contributed by atoms with Gasteiger partial charge in [-0.3, -0.25) is 0 Å². The van der Waals surface area contributed by atoms with Crippen LogP contribution < -0.4 is 0 Å². The minimum atomic E-state index is 1.05. The van der Waals surface area contributed by atoms with Crippen LogP contribution in [-0.4, -0.2) is 20.2 Å². The molecule has 0 aromatic heterocycles. The first kappa shape index (κ1) is 5.62. The molecule has 6 heavy (non-hydrogen) atoms. The molecule has 0 N–H and O–H groups in total. The Kier molecular flexibility index (Phi) is 3.26. The largest absolute Gasteiger partial charge is 0.192 e. The Morgan fingerprint density at radius 2 is 1.00 bits per heavy atom. The van der Waals surface area contributed by atoms with E-state index in [1.54, 1.807) is 0 Å². The zero-order chi connectivity index (χ0) is 4.24. The normalized spacial score (nSPS) is 32.0. The molecule has 0 nitrogen and oxygen atoms in total. The Bertz CT molecular complexity index is 21.5. The first-order chi connectivity index (χ1) is 3.00. The van der Waals surface area contributed by atoms with Crippen molar-refractivity contribution < 1.29 is 0 Å². The van der Waals surface area contributed by atoms with Crippen LogP contribution in [0.15, 0.2) is 0 Å². The van der Waals surface area contributed by atoms with E-state index < -0.39 is 0 Å². The maximum atomic E-state index is 2.34. The monoisotopic (exact) mass is 129 g/mol. The molecule has 0 aromatic rings. The van der Waals surface area contributed by atoms with Crippen LogP contribution in [0.1, 0.15) is 0 Å². The van der Waals surface area contributed by atoms with Crippen molar-refractivity contribution in [1.29, 1.82) is 0 Å². The molecule has 0 atom stereocenters. The van der Waals surface area contributed by atoms with Crippen LogP contribution in [-0.2, 0) is 0 Å². The zero-order valence-corrected chi connectivity index (χ0v) is 6.23. The fraction of sp³-hybridized carbons (Fsp3) is 0. The molecule has 1 fully saturated rings. The van der Waals surface area contributed by atoms with Crippen molar-refractivity contribution in [2.45, 2.75) is 0 Å². The Balaban J connectivity index is 2.00. The smallest absolute Gasteiger partial charge is 0.153 e. The molecule has 1 aliphatic rings. The summed E-state index contributed by atoms with van der Waals surface area (Å²) in [7, 11) is 3.14. The standard InChI is InChI=1S/B3H3P3/c1-4-2-6-3-5-1/h4-6H. The summed E-state index contributed by atoms with van der Waals surface area (Å²) in [4.78, 5) is 0. The molecule has 3 radical (unpaired) electrons. The summed E-state index contributed by atoms with van der Waals surface area (Å²) in [6.07, 6.45) is 0. The lowest BCUT2D eigenvalue weighted by Gasteiger charge is -2.03. The van der Waals surface area contributed by atoms with E-state index in [0.29, 0.717) is 0 Å². The Labute approximate surface area is 45.8 Å². The molecule has 1 rings (SSSR count). The number of rotatable bonds is 0. The summed E-state index contributed by atoms with van der Waals surface area (Å²) in [5.74, 6) is 0. The molecule has 0 spiro atoms. The molecule has 0 aliphatic carbocycles. The number of hydrogen-bond donors (Lipinski definition) is 0. The van der Waals surface area contributed by atoms with E-state index in [4.69, 9.17) is 0 Å². The molecule has 1 saturated heterocycles. The van der Waals surface area contributed by atoms with Gasteiger partial charge in [-0.15, -0.1) is 0 Å². The van der Waals surface area contributed by atoms with E-state index in [1.165, 1.54) is 0 Å². The predicted molar refractivity (Wildman–Crippen MR) is 42.2 cm³/mol. The third-order valence-electron chi connectivity index (χ3n) is 0.500. The van der Waals surface area contributed by atoms with Gasteiger partial charge in [-0.05, 0) is 0 Å². The highest BCUT2D eigenvalue weighted by Gasteiger charge is 1.99. The molecule has 6 heteroatoms. The molecule has 0 bridgehead atoms. The predicted octanol–water partition coefficient (Wildman–Crippen LogP) is 0.638. The summed E-state index contributed by atoms with van der Waals surface area (Å²) < 4.78 is 0. The lowest BCUT2D eigenvalue weighted by Crippen LogP contribution is -1.85. The van der Waals surface area contributed by atoms with E-state index in [9.17, 15) is 0 Å². The summed E-state index contributed by atoms with van der Waals surface area (Å²) in [5.41, 5.74) is 0. The maximum Gasteiger partial charge on any atom is 0.153 e. The molecular formula is H3B3P3. The molecule has 27 valence electrons. The van der Waals surface area contributed by atoms with Crippen LogP contribution in [0, 0.1) is 0 Å². The Morgan fingerprint density at radius 1 is 0.667 bits per heavy atom. The van der Waals surface area contributed by atoms with Crippen LogP contribution >= 0.6 is 25.0 Å². The highest BCUT2D eigenvalue weighted by molar-refractivity contribution is 8.42. The lowest BCUT2D eigenvalue weighted by molar-refractivity contribution is 4.25. The van der Waals surface area contributed by atoms with Gasteiger partial charge in [0.15, 0.2) is 20.2 Å². The molecule has 1 heterocycles. The van der Waals surface area contributed by atoms with Crippen molar-refractivity contribution in [3.63, 3.8) is 0 Å². The third kappa shape index (κ3) is 1.97. The second-order valence-electron chi connectivity index (χ2n) is 0.933. The van der Waals surface area contributed by atoms with Gasteiger partial charge in [0.05, 0.1) is 0 Å². The van der Waals surface area contributed by atoms with E-state index in [1.807, 2.05) is 0 Å². The van der Waals surface area contributed by atoms with Gasteiger partial charge in [-0.25, -0.2) is 0 Å². The van der Waals surface area contributed by atoms with Gasteiger partial charge in [0, 0.05) is 0 Å². The van der Waals surface area contributed by atoms with Crippen molar-refractivity contribution in [2.24, 2.45) is 0 Å². The van der Waals surface area contributed by atoms with Gasteiger partial charge < -0.3 is 0 Å². The van der Waals surface area contributed by atoms with Gasteiger partial charge in [0.25, 0.3) is 0 Å². The van der Waals surface area contributed by atoms with Crippen LogP contribution in [0.5, 0.6) is 0 Å². The molecule has 1 aliphatic heterocycles. The van der Waals surface area contributed by atoms with Crippen LogP contribution in [0.25, 0.3) is 0 Å². The lowest BCUT2D eigenvalue weighted by atomic mass is 10.6. The van der Waals surface area contributed by atoms with E-state index >= 15 is 0 Å². The topological polar surface area (TPSA) is 0 Å². The fourth-order valence-electron chi connectivity index (χ4n) is 0.269. The highest BCUT2D eigenvalue weighted by atomic mass is 31.2. The summed E-state index contributed by atoms with van der Waals surface area (Å²) in [6.45, 7) is 7.03. The summed E-state index contributed by atoms with van der Waals surface area (Å²) >= 11 is 0. The Morgan fingerprint density at radius 3 is 1.17 bits per heavy atom. The molecule has 0 saturated carbocycles. The van der Waals surface area contributed by atoms with Crippen LogP contribution in [0.4, 0.5) is 0 Å². The number of hydrogen-bond acceptors (Lipinski definition) is 0. The second-order valence-corrected chi connectivity index (χ2v) is 5.40. The first-order valence-electron chi connectivity index (χ1n) is 1.73. The molecule has 0 unspecified atom stereocenters. The van der Waals surface area contributed by atoms with Gasteiger partial charge in [0.2, 0.25) is 0 Å².